The number of carbonyl (C=O) groups excluding carboxylic acids is 2. The van der Waals surface area contributed by atoms with E-state index in [-0.39, 0.29) is 11.1 Å². The summed E-state index contributed by atoms with van der Waals surface area (Å²) in [5.41, 5.74) is -0.0671. The van der Waals surface area contributed by atoms with E-state index in [4.69, 9.17) is 0 Å². The van der Waals surface area contributed by atoms with Crippen LogP contribution in [0.25, 0.3) is 0 Å². The van der Waals surface area contributed by atoms with Gasteiger partial charge in [-0.05, 0) is 11.8 Å². The van der Waals surface area contributed by atoms with Crippen LogP contribution in [-0.2, 0) is 14.4 Å². The third kappa shape index (κ3) is 2.27. The van der Waals surface area contributed by atoms with Gasteiger partial charge in [0.05, 0.1) is 0 Å². The molecule has 3 heterocycles. The van der Waals surface area contributed by atoms with Gasteiger partial charge in [0.25, 0.3) is 5.91 Å². The first-order valence-electron chi connectivity index (χ1n) is 5.78. The van der Waals surface area contributed by atoms with Crippen LogP contribution in [0.1, 0.15) is 0 Å². The first kappa shape index (κ1) is 13.9. The predicted octanol–water partition coefficient (Wildman–Crippen LogP) is -0.777. The van der Waals surface area contributed by atoms with Gasteiger partial charge in [-0.1, -0.05) is 0 Å². The highest BCUT2D eigenvalue weighted by Crippen LogP contribution is 2.44. The van der Waals surface area contributed by atoms with Gasteiger partial charge in [0.1, 0.15) is 23.4 Å². The number of thioether (sulfide) groups is 2. The Morgan fingerprint density at radius 1 is 1.67 bits per heavy atom. The lowest BCUT2D eigenvalue weighted by atomic mass is 10.1. The number of carbonyl (C=O) groups is 3. The zero-order valence-corrected chi connectivity index (χ0v) is 12.0. The third-order valence-electron chi connectivity index (χ3n) is 2.99. The van der Waals surface area contributed by atoms with Crippen LogP contribution >= 0.6 is 23.5 Å². The number of nitrogens with one attached hydrogen (secondary N) is 2. The van der Waals surface area contributed by atoms with Gasteiger partial charge in [0, 0.05) is 10.7 Å². The zero-order valence-electron chi connectivity index (χ0n) is 10.3. The highest BCUT2D eigenvalue weighted by Gasteiger charge is 2.53. The van der Waals surface area contributed by atoms with E-state index in [2.05, 4.69) is 20.5 Å². The van der Waals surface area contributed by atoms with Gasteiger partial charge in [-0.25, -0.2) is 9.78 Å². The van der Waals surface area contributed by atoms with Crippen LogP contribution in [0.5, 0.6) is 0 Å². The maximum atomic E-state index is 12.0. The summed E-state index contributed by atoms with van der Waals surface area (Å²) in [4.78, 5) is 39.6. The average Bonchev–Trinajstić information content (AvgIpc) is 2.97. The van der Waals surface area contributed by atoms with Gasteiger partial charge in [-0.2, -0.15) is 0 Å². The molecular formula is C10H9N5O4S2. The maximum Gasteiger partial charge on any atom is 0.353 e. The lowest BCUT2D eigenvalue weighted by Crippen LogP contribution is -2.69. The summed E-state index contributed by atoms with van der Waals surface area (Å²) >= 11 is 2.50. The van der Waals surface area contributed by atoms with E-state index in [9.17, 15) is 19.5 Å². The van der Waals surface area contributed by atoms with Crippen molar-refractivity contribution in [2.75, 3.05) is 5.75 Å². The van der Waals surface area contributed by atoms with E-state index in [1.807, 2.05) is 0 Å². The number of hydrogen-bond acceptors (Lipinski definition) is 7. The molecule has 2 aliphatic rings. The summed E-state index contributed by atoms with van der Waals surface area (Å²) in [5.74, 6) is -1.20. The molecule has 1 fully saturated rings. The quantitative estimate of drug-likeness (QED) is 0.475. The molecule has 2 atom stereocenters. The number of H-pyrrole nitrogens is 1. The second kappa shape index (κ2) is 5.41. The van der Waals surface area contributed by atoms with Crippen LogP contribution in [0.2, 0.25) is 0 Å². The third-order valence-corrected chi connectivity index (χ3v) is 5.42. The van der Waals surface area contributed by atoms with Crippen molar-refractivity contribution in [2.24, 2.45) is 0 Å². The van der Waals surface area contributed by atoms with Crippen LogP contribution < -0.4 is 5.32 Å². The molecule has 3 rings (SSSR count). The number of aromatic nitrogens is 3. The molecule has 11 heteroatoms. The molecular weight excluding hydrogens is 318 g/mol. The van der Waals surface area contributed by atoms with E-state index in [0.29, 0.717) is 22.2 Å². The number of β-lactam (4-membered cyclic amide) rings is 1. The molecule has 1 saturated heterocycles. The van der Waals surface area contributed by atoms with E-state index >= 15 is 0 Å². The number of amides is 2. The summed E-state index contributed by atoms with van der Waals surface area (Å²) in [5, 5.41) is 18.2. The largest absolute Gasteiger partial charge is 0.477 e. The summed E-state index contributed by atoms with van der Waals surface area (Å²) in [6.45, 7) is 0. The number of carboxylic acid groups (broad SMARTS) is 1. The van der Waals surface area contributed by atoms with E-state index in [0.717, 1.165) is 11.8 Å². The van der Waals surface area contributed by atoms with Crippen LogP contribution in [0, 0.1) is 0 Å². The van der Waals surface area contributed by atoms with Crippen LogP contribution in [0.4, 0.5) is 0 Å². The Morgan fingerprint density at radius 3 is 3.10 bits per heavy atom. The van der Waals surface area contributed by atoms with Gasteiger partial charge in [-0.3, -0.25) is 19.6 Å². The topological polar surface area (TPSA) is 128 Å². The molecule has 0 aromatic carbocycles. The average molecular weight is 327 g/mol. The molecule has 1 aromatic rings. The molecule has 110 valence electrons. The molecule has 2 amide bonds. The fourth-order valence-corrected chi connectivity index (χ4v) is 4.47. The first-order chi connectivity index (χ1) is 10.1. The smallest absolute Gasteiger partial charge is 0.353 e. The fraction of sp³-hybridized carbons (Fsp3) is 0.300. The van der Waals surface area contributed by atoms with Crippen molar-refractivity contribution in [3.63, 3.8) is 0 Å². The van der Waals surface area contributed by atoms with Crippen molar-refractivity contribution in [3.8, 4) is 0 Å². The monoisotopic (exact) mass is 327 g/mol. The van der Waals surface area contributed by atoms with Gasteiger partial charge >= 0.3 is 5.97 Å². The number of rotatable bonds is 5. The minimum absolute atomic E-state index is 0.0671. The summed E-state index contributed by atoms with van der Waals surface area (Å²) in [6.07, 6.45) is 1.84. The zero-order chi connectivity index (χ0) is 15.0. The molecule has 0 unspecified atom stereocenters. The van der Waals surface area contributed by atoms with Gasteiger partial charge in [0.15, 0.2) is 0 Å². The van der Waals surface area contributed by atoms with Gasteiger partial charge < -0.3 is 10.4 Å². The van der Waals surface area contributed by atoms with Gasteiger partial charge in [-0.15, -0.1) is 16.9 Å². The standard InChI is InChI=1S/C10H9N5O4S2/c16-3-12-5-7(17)15-6(9(18)19)4(1-20-8(5)15)21-10-11-2-13-14-10/h2-3,5,8H,1H2,(H,12,16)(H,18,19)(H,11,13,14)/t5-,8+/m1/s1. The molecule has 1 aromatic heterocycles. The van der Waals surface area contributed by atoms with Crippen LogP contribution in [0.3, 0.4) is 0 Å². The van der Waals surface area contributed by atoms with E-state index < -0.39 is 17.9 Å². The second-order valence-electron chi connectivity index (χ2n) is 4.13. The normalized spacial score (nSPS) is 24.4. The molecule has 0 spiro atoms. The van der Waals surface area contributed by atoms with E-state index in [1.165, 1.54) is 23.0 Å². The maximum absolute atomic E-state index is 12.0. The summed E-state index contributed by atoms with van der Waals surface area (Å²) in [7, 11) is 0. The number of aromatic amines is 1. The van der Waals surface area contributed by atoms with Crippen molar-refractivity contribution in [2.45, 2.75) is 16.6 Å². The SMILES string of the molecule is O=CN[C@@H]1C(=O)N2C(C(=O)O)=C(Sc3nc[nH]n3)CS[C@@H]12. The molecule has 0 radical (unpaired) electrons. The fourth-order valence-electron chi connectivity index (χ4n) is 2.12. The summed E-state index contributed by atoms with van der Waals surface area (Å²) < 4.78 is 0. The summed E-state index contributed by atoms with van der Waals surface area (Å²) in [6, 6.07) is -0.670. The van der Waals surface area contributed by atoms with Crippen molar-refractivity contribution < 1.29 is 19.5 Å². The van der Waals surface area contributed by atoms with Crippen molar-refractivity contribution >= 4 is 41.8 Å². The van der Waals surface area contributed by atoms with Crippen LogP contribution in [-0.4, -0.2) is 60.6 Å². The minimum atomic E-state index is -1.18. The minimum Gasteiger partial charge on any atom is -0.477 e. The van der Waals surface area contributed by atoms with Crippen molar-refractivity contribution in [1.29, 1.82) is 0 Å². The molecule has 0 bridgehead atoms. The molecule has 0 saturated carbocycles. The molecule has 9 nitrogen and oxygen atoms in total. The Kier molecular flexibility index (Phi) is 3.59. The van der Waals surface area contributed by atoms with Crippen LogP contribution in [0.15, 0.2) is 22.1 Å². The molecule has 21 heavy (non-hydrogen) atoms. The lowest BCUT2D eigenvalue weighted by Gasteiger charge is -2.48. The molecule has 2 aliphatic heterocycles. The number of nitrogens with zero attached hydrogens (tertiary/aromatic N) is 3. The first-order valence-corrected chi connectivity index (χ1v) is 7.64. The Balaban J connectivity index is 1.90. The Hall–Kier alpha value is -2.01. The molecule has 0 aliphatic carbocycles. The molecule has 3 N–H and O–H groups in total. The Bertz CT molecular complexity index is 631. The number of aliphatic carboxylic acids is 1. The number of hydrogen-bond donors (Lipinski definition) is 3. The Morgan fingerprint density at radius 2 is 2.48 bits per heavy atom. The Labute approximate surface area is 126 Å². The van der Waals surface area contributed by atoms with E-state index in [1.54, 1.807) is 0 Å². The van der Waals surface area contributed by atoms with Crippen molar-refractivity contribution in [1.82, 2.24) is 25.4 Å². The van der Waals surface area contributed by atoms with Crippen molar-refractivity contribution in [3.05, 3.63) is 16.9 Å². The number of fused-ring (bicyclic) bond motifs is 1. The highest BCUT2D eigenvalue weighted by molar-refractivity contribution is 8.06. The number of carboxylic acids is 1. The highest BCUT2D eigenvalue weighted by atomic mass is 32.2. The lowest BCUT2D eigenvalue weighted by molar-refractivity contribution is -0.149. The second-order valence-corrected chi connectivity index (χ2v) is 6.30. The predicted molar refractivity (Wildman–Crippen MR) is 73.0 cm³/mol. The van der Waals surface area contributed by atoms with Gasteiger partial charge in [0.2, 0.25) is 11.6 Å².